The van der Waals surface area contributed by atoms with Gasteiger partial charge in [-0.25, -0.2) is 9.78 Å². The summed E-state index contributed by atoms with van der Waals surface area (Å²) >= 11 is 3.08. The van der Waals surface area contributed by atoms with Crippen molar-refractivity contribution in [2.45, 2.75) is 52.0 Å². The fourth-order valence-corrected chi connectivity index (χ4v) is 6.24. The number of carbonyl (C=O) groups is 2. The number of ether oxygens (including phenoxy) is 2. The van der Waals surface area contributed by atoms with Crippen molar-refractivity contribution in [1.82, 2.24) is 10.3 Å². The molecule has 0 bridgehead atoms. The van der Waals surface area contributed by atoms with Crippen molar-refractivity contribution < 1.29 is 19.1 Å². The molecule has 2 atom stereocenters. The molecule has 0 radical (unpaired) electrons. The van der Waals surface area contributed by atoms with Crippen molar-refractivity contribution in [2.75, 3.05) is 24.8 Å². The minimum atomic E-state index is -0.435. The average molecular weight is 529 g/mol. The molecule has 2 amide bonds. The van der Waals surface area contributed by atoms with Gasteiger partial charge in [0.15, 0.2) is 0 Å². The molecule has 3 aromatic rings. The SMILES string of the molecule is COc1cccc(C(C)CC(=O)Nc2sc3c(c2N)CCC(COC(=O)NCc2csc(C)n2)C3)c1. The predicted octanol–water partition coefficient (Wildman–Crippen LogP) is 5.27. The van der Waals surface area contributed by atoms with Gasteiger partial charge in [-0.15, -0.1) is 22.7 Å². The summed E-state index contributed by atoms with van der Waals surface area (Å²) < 4.78 is 10.7. The van der Waals surface area contributed by atoms with Crippen molar-refractivity contribution in [1.29, 1.82) is 0 Å². The minimum absolute atomic E-state index is 0.0446. The Balaban J connectivity index is 1.27. The number of hydrogen-bond donors (Lipinski definition) is 3. The van der Waals surface area contributed by atoms with Crippen molar-refractivity contribution in [3.05, 3.63) is 56.4 Å². The maximum absolute atomic E-state index is 12.8. The van der Waals surface area contributed by atoms with Crippen LogP contribution in [0.2, 0.25) is 0 Å². The van der Waals surface area contributed by atoms with Crippen LogP contribution < -0.4 is 21.1 Å². The number of fused-ring (bicyclic) bond motifs is 1. The lowest BCUT2D eigenvalue weighted by atomic mass is 9.89. The van der Waals surface area contributed by atoms with Crippen molar-refractivity contribution >= 4 is 45.4 Å². The Hall–Kier alpha value is -3.11. The van der Waals surface area contributed by atoms with Crippen LogP contribution in [0.3, 0.4) is 0 Å². The normalized spacial score (nSPS) is 15.6. The highest BCUT2D eigenvalue weighted by molar-refractivity contribution is 7.17. The number of nitrogens with one attached hydrogen (secondary N) is 2. The first-order valence-electron chi connectivity index (χ1n) is 12.0. The number of thiophene rings is 1. The molecule has 2 aromatic heterocycles. The molecule has 10 heteroatoms. The standard InChI is InChI=1S/C26H32N4O4S2/c1-15(18-5-4-6-20(11-18)33-3)9-23(31)30-25-24(27)21-8-7-17(10-22(21)36-25)13-34-26(32)28-12-19-14-35-16(2)29-19/h4-6,11,14-15,17H,7-10,12-13,27H2,1-3H3,(H,28,32)(H,30,31). The van der Waals surface area contributed by atoms with Crippen LogP contribution in [0.25, 0.3) is 0 Å². The number of thiazole rings is 1. The average Bonchev–Trinajstić information content (AvgIpc) is 3.43. The number of nitrogens with two attached hydrogens (primary N) is 1. The molecule has 0 spiro atoms. The van der Waals surface area contributed by atoms with Gasteiger partial charge >= 0.3 is 6.09 Å². The number of nitrogens with zero attached hydrogens (tertiary/aromatic N) is 1. The van der Waals surface area contributed by atoms with Gasteiger partial charge in [0.2, 0.25) is 5.91 Å². The second-order valence-corrected chi connectivity index (χ2v) is 11.3. The van der Waals surface area contributed by atoms with E-state index in [0.717, 1.165) is 51.7 Å². The number of methoxy groups -OCH3 is 1. The van der Waals surface area contributed by atoms with Crippen molar-refractivity contribution in [2.24, 2.45) is 5.92 Å². The van der Waals surface area contributed by atoms with E-state index < -0.39 is 6.09 Å². The number of alkyl carbamates (subject to hydrolysis) is 1. The van der Waals surface area contributed by atoms with Gasteiger partial charge in [0.05, 0.1) is 36.7 Å². The molecule has 36 heavy (non-hydrogen) atoms. The van der Waals surface area contributed by atoms with Crippen LogP contribution in [-0.4, -0.2) is 30.7 Å². The maximum Gasteiger partial charge on any atom is 0.407 e. The van der Waals surface area contributed by atoms with Crippen molar-refractivity contribution in [3.8, 4) is 5.75 Å². The van der Waals surface area contributed by atoms with Gasteiger partial charge in [-0.3, -0.25) is 4.79 Å². The molecule has 0 fully saturated rings. The Morgan fingerprint density at radius 2 is 2.17 bits per heavy atom. The summed E-state index contributed by atoms with van der Waals surface area (Å²) in [6.45, 7) is 4.66. The fraction of sp³-hybridized carbons (Fsp3) is 0.423. The van der Waals surface area contributed by atoms with E-state index in [0.29, 0.717) is 30.3 Å². The minimum Gasteiger partial charge on any atom is -0.497 e. The number of rotatable bonds is 9. The van der Waals surface area contributed by atoms with Gasteiger partial charge in [0.1, 0.15) is 10.8 Å². The molecule has 2 heterocycles. The van der Waals surface area contributed by atoms with E-state index in [9.17, 15) is 9.59 Å². The second kappa shape index (κ2) is 11.7. The van der Waals surface area contributed by atoms with Gasteiger partial charge in [-0.1, -0.05) is 19.1 Å². The number of carbonyl (C=O) groups excluding carboxylic acids is 2. The number of benzene rings is 1. The fourth-order valence-electron chi connectivity index (χ4n) is 4.33. The number of anilines is 2. The van der Waals surface area contributed by atoms with Gasteiger partial charge < -0.3 is 25.8 Å². The molecular weight excluding hydrogens is 496 g/mol. The summed E-state index contributed by atoms with van der Waals surface area (Å²) in [7, 11) is 1.63. The number of aromatic nitrogens is 1. The lowest BCUT2D eigenvalue weighted by molar-refractivity contribution is -0.116. The van der Waals surface area contributed by atoms with E-state index >= 15 is 0 Å². The molecule has 4 N–H and O–H groups in total. The Labute approximate surface area is 219 Å². The molecule has 2 unspecified atom stereocenters. The van der Waals surface area contributed by atoms with E-state index in [4.69, 9.17) is 15.2 Å². The molecule has 1 aliphatic carbocycles. The predicted molar refractivity (Wildman–Crippen MR) is 144 cm³/mol. The molecule has 1 aliphatic rings. The Morgan fingerprint density at radius 3 is 2.92 bits per heavy atom. The van der Waals surface area contributed by atoms with Crippen LogP contribution in [0, 0.1) is 12.8 Å². The van der Waals surface area contributed by atoms with Crippen LogP contribution in [-0.2, 0) is 28.9 Å². The highest BCUT2D eigenvalue weighted by atomic mass is 32.1. The first kappa shape index (κ1) is 26.0. The maximum atomic E-state index is 12.8. The largest absolute Gasteiger partial charge is 0.497 e. The summed E-state index contributed by atoms with van der Waals surface area (Å²) in [5, 5.41) is 9.37. The number of amides is 2. The van der Waals surface area contributed by atoms with E-state index in [-0.39, 0.29) is 17.7 Å². The van der Waals surface area contributed by atoms with Gasteiger partial charge in [0.25, 0.3) is 0 Å². The van der Waals surface area contributed by atoms with Crippen LogP contribution >= 0.6 is 22.7 Å². The molecule has 192 valence electrons. The molecular formula is C26H32N4O4S2. The number of hydrogen-bond acceptors (Lipinski definition) is 8. The third kappa shape index (κ3) is 6.55. The Bertz CT molecular complexity index is 1220. The topological polar surface area (TPSA) is 116 Å². The van der Waals surface area contributed by atoms with E-state index in [1.165, 1.54) is 11.3 Å². The summed E-state index contributed by atoms with van der Waals surface area (Å²) in [6.07, 6.45) is 2.38. The molecule has 8 nitrogen and oxygen atoms in total. The number of nitrogen functional groups attached to an aromatic ring is 1. The quantitative estimate of drug-likeness (QED) is 0.349. The monoisotopic (exact) mass is 528 g/mol. The lowest BCUT2D eigenvalue weighted by Crippen LogP contribution is -2.27. The zero-order chi connectivity index (χ0) is 25.7. The highest BCUT2D eigenvalue weighted by Gasteiger charge is 2.26. The summed E-state index contributed by atoms with van der Waals surface area (Å²) in [6, 6.07) is 7.78. The van der Waals surface area contributed by atoms with Crippen LogP contribution in [0.4, 0.5) is 15.5 Å². The first-order chi connectivity index (χ1) is 17.3. The van der Waals surface area contributed by atoms with Gasteiger partial charge in [0, 0.05) is 16.7 Å². The van der Waals surface area contributed by atoms with Gasteiger partial charge in [-0.05, 0) is 61.3 Å². The van der Waals surface area contributed by atoms with E-state index in [1.807, 2.05) is 43.5 Å². The van der Waals surface area contributed by atoms with E-state index in [2.05, 4.69) is 15.6 Å². The smallest absolute Gasteiger partial charge is 0.407 e. The third-order valence-corrected chi connectivity index (χ3v) is 8.35. The molecule has 0 aliphatic heterocycles. The summed E-state index contributed by atoms with van der Waals surface area (Å²) in [4.78, 5) is 30.3. The lowest BCUT2D eigenvalue weighted by Gasteiger charge is -2.22. The summed E-state index contributed by atoms with van der Waals surface area (Å²) in [5.74, 6) is 0.977. The highest BCUT2D eigenvalue weighted by Crippen LogP contribution is 2.42. The summed E-state index contributed by atoms with van der Waals surface area (Å²) in [5.41, 5.74) is 10.0. The number of aryl methyl sites for hydroxylation is 1. The molecule has 1 aromatic carbocycles. The molecule has 0 saturated heterocycles. The van der Waals surface area contributed by atoms with Crippen LogP contribution in [0.1, 0.15) is 52.4 Å². The Kier molecular flexibility index (Phi) is 8.48. The van der Waals surface area contributed by atoms with Gasteiger partial charge in [-0.2, -0.15) is 0 Å². The van der Waals surface area contributed by atoms with Crippen LogP contribution in [0.5, 0.6) is 5.75 Å². The third-order valence-electron chi connectivity index (χ3n) is 6.35. The molecule has 4 rings (SSSR count). The Morgan fingerprint density at radius 1 is 1.33 bits per heavy atom. The van der Waals surface area contributed by atoms with Crippen LogP contribution in [0.15, 0.2) is 29.6 Å². The van der Waals surface area contributed by atoms with E-state index in [1.54, 1.807) is 18.4 Å². The molecule has 0 saturated carbocycles. The first-order valence-corrected chi connectivity index (χ1v) is 13.7. The van der Waals surface area contributed by atoms with Crippen molar-refractivity contribution in [3.63, 3.8) is 0 Å². The zero-order valence-electron chi connectivity index (χ0n) is 20.8. The zero-order valence-corrected chi connectivity index (χ0v) is 22.4. The second-order valence-electron chi connectivity index (χ2n) is 9.10.